The summed E-state index contributed by atoms with van der Waals surface area (Å²) >= 11 is 0. The van der Waals surface area contributed by atoms with Crippen molar-refractivity contribution in [1.29, 1.82) is 0 Å². The van der Waals surface area contributed by atoms with Crippen molar-refractivity contribution >= 4 is 0 Å². The number of benzene rings is 1. The molecule has 1 aliphatic rings. The van der Waals surface area contributed by atoms with E-state index in [1.165, 1.54) is 0 Å². The molecular weight excluding hydrogens is 1450 g/mol. The van der Waals surface area contributed by atoms with Crippen molar-refractivity contribution in [3.05, 3.63) is 29.4 Å². The van der Waals surface area contributed by atoms with Crippen LogP contribution in [0.1, 0.15) is 30.9 Å². The molecule has 1 aliphatic heterocycles. The molecule has 1 aromatic carbocycles. The van der Waals surface area contributed by atoms with Gasteiger partial charge in [-0.05, 0) is 0 Å². The maximum Gasteiger partial charge on any atom is 0 e. The zero-order valence-corrected chi connectivity index (χ0v) is 38.8. The zero-order chi connectivity index (χ0) is 10.1. The Balaban J connectivity index is -0.0000000417. The second kappa shape index (κ2) is 28.7. The largest absolute Gasteiger partial charge is 0.732 e. The van der Waals surface area contributed by atoms with Crippen LogP contribution in [0.4, 0.5) is 0 Å². The maximum absolute atomic E-state index is 9.45. The molecule has 4 radical (unpaired) electrons. The van der Waals surface area contributed by atoms with Crippen molar-refractivity contribution in [2.75, 3.05) is 0 Å². The van der Waals surface area contributed by atoms with Crippen molar-refractivity contribution in [3.8, 4) is 11.5 Å². The molecule has 0 aliphatic carbocycles. The number of phenolic OH excluding ortho intramolecular Hbond substituents is 1. The van der Waals surface area contributed by atoms with E-state index in [1.54, 1.807) is 6.92 Å². The molecule has 0 amide bonds. The molecule has 23 heavy (non-hydrogen) atoms. The van der Waals surface area contributed by atoms with Gasteiger partial charge in [-0.25, -0.2) is 11.1 Å². The molecule has 0 spiro atoms. The number of fused-ring (bicyclic) bond motifs is 1. The van der Waals surface area contributed by atoms with E-state index in [0.29, 0.717) is 5.56 Å². The van der Waals surface area contributed by atoms with Gasteiger partial charge in [0.15, 0.2) is 0 Å². The fraction of sp³-hybridized carbons (Fsp3) is 0.417. The van der Waals surface area contributed by atoms with Gasteiger partial charge >= 0.3 is 0 Å². The minimum absolute atomic E-state index is 0. The summed E-state index contributed by atoms with van der Waals surface area (Å²) in [6.45, 7) is 3.88. The predicted molar refractivity (Wildman–Crippen MR) is 53.0 cm³/mol. The van der Waals surface area contributed by atoms with Crippen molar-refractivity contribution in [2.45, 2.75) is 33.1 Å². The number of phenols is 1. The summed E-state index contributed by atoms with van der Waals surface area (Å²) in [6, 6.07) is 5.96. The van der Waals surface area contributed by atoms with E-state index in [-0.39, 0.29) is 242 Å². The number of hydrogen-bond acceptors (Lipinski definition) is 2. The molecule has 0 atom stereocenters. The van der Waals surface area contributed by atoms with Gasteiger partial charge in [-0.15, -0.1) is 31.3 Å². The summed E-state index contributed by atoms with van der Waals surface area (Å²) < 4.78 is 5.64. The topological polar surface area (TPSA) is 29.5 Å². The Labute approximate surface area is 312 Å². The Morgan fingerprint density at radius 1 is 1.00 bits per heavy atom. The van der Waals surface area contributed by atoms with Crippen molar-refractivity contribution in [1.82, 2.24) is 0 Å². The molecule has 0 fully saturated rings. The molecule has 11 heteroatoms. The van der Waals surface area contributed by atoms with Crippen LogP contribution in [0.5, 0.6) is 11.5 Å². The van der Waals surface area contributed by atoms with E-state index in [1.807, 2.05) is 0 Å². The quantitative estimate of drug-likeness (QED) is 0.439. The van der Waals surface area contributed by atoms with Crippen LogP contribution in [-0.4, -0.2) is 5.11 Å². The predicted octanol–water partition coefficient (Wildman–Crippen LogP) is 2.55. The van der Waals surface area contributed by atoms with E-state index in [4.69, 9.17) is 4.74 Å². The Hall–Kier alpha value is 6.68. The molecule has 0 saturated carbocycles. The van der Waals surface area contributed by atoms with Gasteiger partial charge in [0.1, 0.15) is 0 Å². The van der Waals surface area contributed by atoms with Crippen LogP contribution in [0.3, 0.4) is 0 Å². The van der Waals surface area contributed by atoms with Gasteiger partial charge in [0.2, 0.25) is 0 Å². The van der Waals surface area contributed by atoms with E-state index < -0.39 is 0 Å². The van der Waals surface area contributed by atoms with Crippen LogP contribution >= 0.6 is 0 Å². The zero-order valence-electron chi connectivity index (χ0n) is 12.8. The average Bonchev–Trinajstić information content (AvgIpc) is 2.19. The fourth-order valence-electron chi connectivity index (χ4n) is 1.57. The van der Waals surface area contributed by atoms with Gasteiger partial charge in [-0.1, -0.05) is 6.92 Å². The van der Waals surface area contributed by atoms with Gasteiger partial charge in [-0.3, -0.25) is 12.1 Å². The fourth-order valence-corrected chi connectivity index (χ4v) is 1.57. The minimum atomic E-state index is 0. The summed E-state index contributed by atoms with van der Waals surface area (Å²) in [6.07, 6.45) is 3.85. The number of aromatic hydroxyl groups is 1. The average molecular weight is 1460 g/mol. The van der Waals surface area contributed by atoms with Crippen molar-refractivity contribution < 1.29 is 246 Å². The van der Waals surface area contributed by atoms with Crippen LogP contribution in [-0.2, 0) is 243 Å². The molecule has 0 aromatic heterocycles. The molecule has 1 heterocycles. The SMILES string of the molecule is CC[C-]1CCc2[c-]c(O)c(C)[c-]c2O1.[W].[W].[W].[W].[W].[Y].[Y].[Y].[Y]. The third-order valence-electron chi connectivity index (χ3n) is 2.49. The summed E-state index contributed by atoms with van der Waals surface area (Å²) in [5.41, 5.74) is 1.63. The van der Waals surface area contributed by atoms with Gasteiger partial charge in [-0.2, -0.15) is 12.5 Å². The second-order valence-corrected chi connectivity index (χ2v) is 3.53. The number of hydrogen-bond donors (Lipinski definition) is 1. The number of ether oxygens (including phenoxy) is 1. The maximum atomic E-state index is 9.45. The van der Waals surface area contributed by atoms with E-state index in [0.717, 1.165) is 36.7 Å². The van der Waals surface area contributed by atoms with Crippen LogP contribution in [0, 0.1) is 25.2 Å². The minimum Gasteiger partial charge on any atom is -0.732 e. The number of rotatable bonds is 1. The normalized spacial score (nSPS) is 9.83. The second-order valence-electron chi connectivity index (χ2n) is 3.53. The number of aryl methyl sites for hydroxylation is 2. The molecule has 1 N–H and O–H groups in total. The summed E-state index contributed by atoms with van der Waals surface area (Å²) in [5, 5.41) is 9.45. The van der Waals surface area contributed by atoms with E-state index >= 15 is 0 Å². The van der Waals surface area contributed by atoms with Crippen LogP contribution in [0.15, 0.2) is 0 Å². The standard InChI is InChI=1S/C12H13O2.5W.4Y/c1-3-10-5-4-9-7-11(13)8(2)6-12(9)14-10;;;;;;;;;/h13H,3-5H2,1-2H3;;;;;;;;;/q-3;;;;;;;;;. The first kappa shape index (κ1) is 51.9. The van der Waals surface area contributed by atoms with Gasteiger partial charge < -0.3 is 9.84 Å². The Bertz CT molecular complexity index is 376. The molecule has 118 valence electrons. The van der Waals surface area contributed by atoms with Crippen LogP contribution < -0.4 is 4.74 Å². The molecule has 2 rings (SSSR count). The molecule has 0 bridgehead atoms. The summed E-state index contributed by atoms with van der Waals surface area (Å²) in [5.74, 6) is 0.927. The Morgan fingerprint density at radius 3 is 1.91 bits per heavy atom. The van der Waals surface area contributed by atoms with Crippen molar-refractivity contribution in [3.63, 3.8) is 0 Å². The first-order valence-electron chi connectivity index (χ1n) is 4.90. The summed E-state index contributed by atoms with van der Waals surface area (Å²) in [4.78, 5) is 0. The smallest absolute Gasteiger partial charge is 0 e. The van der Waals surface area contributed by atoms with Gasteiger partial charge in [0.05, 0.1) is 0 Å². The van der Waals surface area contributed by atoms with E-state index in [9.17, 15) is 5.11 Å². The van der Waals surface area contributed by atoms with Crippen molar-refractivity contribution in [2.24, 2.45) is 0 Å². The first-order chi connectivity index (χ1) is 6.70. The van der Waals surface area contributed by atoms with Crippen LogP contribution in [0.25, 0.3) is 0 Å². The monoisotopic (exact) mass is 1460 g/mol. The molecule has 2 nitrogen and oxygen atoms in total. The van der Waals surface area contributed by atoms with Gasteiger partial charge in [0, 0.05) is 236 Å². The third kappa shape index (κ3) is 18.0. The third-order valence-corrected chi connectivity index (χ3v) is 2.49. The molecule has 1 aromatic rings. The molecular formula is C12H13O2W5Y4-3. The molecule has 0 unspecified atom stereocenters. The Kier molecular flexibility index (Phi) is 64.8. The Morgan fingerprint density at radius 2 is 1.48 bits per heavy atom. The summed E-state index contributed by atoms with van der Waals surface area (Å²) in [7, 11) is 0. The van der Waals surface area contributed by atoms with E-state index in [2.05, 4.69) is 19.1 Å². The molecule has 0 saturated heterocycles. The van der Waals surface area contributed by atoms with Crippen LogP contribution in [0.2, 0.25) is 0 Å². The first-order valence-corrected chi connectivity index (χ1v) is 4.90. The van der Waals surface area contributed by atoms with Gasteiger partial charge in [0.25, 0.3) is 0 Å².